The fraction of sp³-hybridized carbons (Fsp3) is 0.615. The van der Waals surface area contributed by atoms with Crippen LogP contribution in [0.3, 0.4) is 0 Å². The molecule has 0 aliphatic carbocycles. The van der Waals surface area contributed by atoms with Crippen molar-refractivity contribution in [1.29, 1.82) is 0 Å². The zero-order valence-corrected chi connectivity index (χ0v) is 11.8. The summed E-state index contributed by atoms with van der Waals surface area (Å²) in [7, 11) is 0. The maximum Gasteiger partial charge on any atom is 0.304 e. The van der Waals surface area contributed by atoms with E-state index >= 15 is 0 Å². The molecule has 1 aromatic heterocycles. The summed E-state index contributed by atoms with van der Waals surface area (Å²) in [6, 6.07) is 4.40. The van der Waals surface area contributed by atoms with Crippen molar-refractivity contribution in [3.63, 3.8) is 0 Å². The molecule has 3 nitrogen and oxygen atoms in total. The smallest absolute Gasteiger partial charge is 0.304 e. The molecular formula is C13H21NO2S. The zero-order valence-electron chi connectivity index (χ0n) is 10.9. The van der Waals surface area contributed by atoms with E-state index in [9.17, 15) is 4.79 Å². The number of rotatable bonds is 5. The Kier molecular flexibility index (Phi) is 4.71. The molecule has 1 heterocycles. The number of carboxylic acids is 1. The molecule has 0 aromatic carbocycles. The third kappa shape index (κ3) is 4.13. The minimum Gasteiger partial charge on any atom is -0.481 e. The van der Waals surface area contributed by atoms with Crippen LogP contribution in [0.25, 0.3) is 0 Å². The molecule has 0 bridgehead atoms. The molecule has 0 radical (unpaired) electrons. The van der Waals surface area contributed by atoms with Gasteiger partial charge in [-0.05, 0) is 39.1 Å². The second-order valence-electron chi connectivity index (χ2n) is 5.20. The Hall–Kier alpha value is -0.870. The molecule has 0 spiro atoms. The van der Waals surface area contributed by atoms with Gasteiger partial charge in [0.25, 0.3) is 0 Å². The molecule has 1 rings (SSSR count). The van der Waals surface area contributed by atoms with Crippen molar-refractivity contribution in [2.75, 3.05) is 6.54 Å². The lowest BCUT2D eigenvalue weighted by atomic mass is 10.0. The first-order valence-electron chi connectivity index (χ1n) is 5.84. The highest BCUT2D eigenvalue weighted by Gasteiger charge is 2.27. The molecule has 17 heavy (non-hydrogen) atoms. The summed E-state index contributed by atoms with van der Waals surface area (Å²) in [6.45, 7) is 9.09. The molecule has 0 aliphatic rings. The number of aliphatic carboxylic acids is 1. The molecule has 1 atom stereocenters. The van der Waals surface area contributed by atoms with Crippen molar-refractivity contribution in [1.82, 2.24) is 4.90 Å². The Morgan fingerprint density at radius 1 is 1.53 bits per heavy atom. The van der Waals surface area contributed by atoms with Gasteiger partial charge in [-0.3, -0.25) is 9.69 Å². The van der Waals surface area contributed by atoms with Gasteiger partial charge in [-0.1, -0.05) is 6.07 Å². The van der Waals surface area contributed by atoms with Crippen LogP contribution in [0.15, 0.2) is 17.5 Å². The summed E-state index contributed by atoms with van der Waals surface area (Å²) in [5, 5.41) is 10.9. The highest BCUT2D eigenvalue weighted by molar-refractivity contribution is 7.10. The van der Waals surface area contributed by atoms with Crippen LogP contribution in [0.2, 0.25) is 0 Å². The normalized spacial score (nSPS) is 13.9. The van der Waals surface area contributed by atoms with Crippen LogP contribution in [0.1, 0.15) is 45.0 Å². The van der Waals surface area contributed by atoms with Crippen LogP contribution in [0, 0.1) is 0 Å². The van der Waals surface area contributed by atoms with Gasteiger partial charge in [0.15, 0.2) is 0 Å². The molecule has 1 N–H and O–H groups in total. The Labute approximate surface area is 107 Å². The van der Waals surface area contributed by atoms with Crippen molar-refractivity contribution in [2.24, 2.45) is 0 Å². The van der Waals surface area contributed by atoms with Crippen LogP contribution in [0.4, 0.5) is 0 Å². The zero-order chi connectivity index (χ0) is 13.1. The lowest BCUT2D eigenvalue weighted by molar-refractivity contribution is -0.137. The maximum absolute atomic E-state index is 10.7. The fourth-order valence-corrected chi connectivity index (χ4v) is 2.80. The van der Waals surface area contributed by atoms with E-state index in [1.54, 1.807) is 11.3 Å². The van der Waals surface area contributed by atoms with Crippen molar-refractivity contribution in [3.05, 3.63) is 22.4 Å². The van der Waals surface area contributed by atoms with Gasteiger partial charge < -0.3 is 5.11 Å². The first-order valence-corrected chi connectivity index (χ1v) is 6.72. The first kappa shape index (κ1) is 14.2. The molecule has 1 unspecified atom stereocenters. The predicted molar refractivity (Wildman–Crippen MR) is 71.4 cm³/mol. The van der Waals surface area contributed by atoms with Gasteiger partial charge in [0.1, 0.15) is 0 Å². The van der Waals surface area contributed by atoms with Crippen LogP contribution in [0.5, 0.6) is 0 Å². The molecule has 0 saturated heterocycles. The largest absolute Gasteiger partial charge is 0.481 e. The van der Waals surface area contributed by atoms with E-state index in [4.69, 9.17) is 5.11 Å². The van der Waals surface area contributed by atoms with Gasteiger partial charge in [0, 0.05) is 23.0 Å². The second kappa shape index (κ2) is 5.65. The fourth-order valence-electron chi connectivity index (χ4n) is 2.01. The van der Waals surface area contributed by atoms with Gasteiger partial charge in [-0.2, -0.15) is 0 Å². The Bertz CT molecular complexity index is 354. The Morgan fingerprint density at radius 2 is 2.18 bits per heavy atom. The maximum atomic E-state index is 10.7. The highest BCUT2D eigenvalue weighted by Crippen LogP contribution is 2.30. The highest BCUT2D eigenvalue weighted by atomic mass is 32.1. The summed E-state index contributed by atoms with van der Waals surface area (Å²) in [4.78, 5) is 14.2. The molecule has 4 heteroatoms. The number of nitrogens with zero attached hydrogens (tertiary/aromatic N) is 1. The average Bonchev–Trinajstić information content (AvgIpc) is 2.67. The molecular weight excluding hydrogens is 234 g/mol. The third-order valence-corrected chi connectivity index (χ3v) is 3.89. The van der Waals surface area contributed by atoms with Crippen molar-refractivity contribution in [3.8, 4) is 0 Å². The van der Waals surface area contributed by atoms with Crippen molar-refractivity contribution < 1.29 is 9.90 Å². The van der Waals surface area contributed by atoms with E-state index < -0.39 is 5.97 Å². The van der Waals surface area contributed by atoms with Gasteiger partial charge in [0.05, 0.1) is 6.42 Å². The molecule has 0 saturated carbocycles. The van der Waals surface area contributed by atoms with Crippen LogP contribution >= 0.6 is 11.3 Å². The minimum absolute atomic E-state index is 0.0289. The number of thiophene rings is 1. The van der Waals surface area contributed by atoms with Crippen LogP contribution in [-0.2, 0) is 4.79 Å². The average molecular weight is 255 g/mol. The van der Waals surface area contributed by atoms with Gasteiger partial charge in [0.2, 0.25) is 0 Å². The third-order valence-electron chi connectivity index (χ3n) is 2.85. The summed E-state index contributed by atoms with van der Waals surface area (Å²) in [6.07, 6.45) is 0.187. The molecule has 96 valence electrons. The summed E-state index contributed by atoms with van der Waals surface area (Å²) in [5.41, 5.74) is -0.0289. The number of hydrogen-bond acceptors (Lipinski definition) is 3. The Balaban J connectivity index is 2.79. The van der Waals surface area contributed by atoms with E-state index in [1.807, 2.05) is 6.07 Å². The van der Waals surface area contributed by atoms with Crippen molar-refractivity contribution in [2.45, 2.75) is 45.7 Å². The van der Waals surface area contributed by atoms with E-state index in [2.05, 4.69) is 44.0 Å². The van der Waals surface area contributed by atoms with E-state index in [-0.39, 0.29) is 18.0 Å². The molecule has 0 fully saturated rings. The van der Waals surface area contributed by atoms with Crippen molar-refractivity contribution >= 4 is 17.3 Å². The monoisotopic (exact) mass is 255 g/mol. The number of hydrogen-bond donors (Lipinski definition) is 1. The van der Waals surface area contributed by atoms with Gasteiger partial charge >= 0.3 is 5.97 Å². The summed E-state index contributed by atoms with van der Waals surface area (Å²) in [5.74, 6) is -0.738. The lowest BCUT2D eigenvalue weighted by Gasteiger charge is -2.39. The van der Waals surface area contributed by atoms with Crippen LogP contribution in [-0.4, -0.2) is 28.1 Å². The molecule has 0 amide bonds. The minimum atomic E-state index is -0.738. The lowest BCUT2D eigenvalue weighted by Crippen LogP contribution is -2.43. The second-order valence-corrected chi connectivity index (χ2v) is 6.18. The first-order chi connectivity index (χ1) is 7.82. The predicted octanol–water partition coefficient (Wildman–Crippen LogP) is 3.38. The number of carbonyl (C=O) groups is 1. The quantitative estimate of drug-likeness (QED) is 0.876. The SMILES string of the molecule is CC(c1cccs1)N(CCC(=O)O)C(C)(C)C. The van der Waals surface area contributed by atoms with Gasteiger partial charge in [-0.15, -0.1) is 11.3 Å². The Morgan fingerprint density at radius 3 is 2.59 bits per heavy atom. The van der Waals surface area contributed by atoms with E-state index in [1.165, 1.54) is 4.88 Å². The van der Waals surface area contributed by atoms with E-state index in [0.29, 0.717) is 6.54 Å². The topological polar surface area (TPSA) is 40.5 Å². The van der Waals surface area contributed by atoms with Gasteiger partial charge in [-0.25, -0.2) is 0 Å². The standard InChI is InChI=1S/C13H21NO2S/c1-10(11-6-5-9-17-11)14(13(2,3)4)8-7-12(15)16/h5-6,9-10H,7-8H2,1-4H3,(H,15,16). The van der Waals surface area contributed by atoms with Crippen LogP contribution < -0.4 is 0 Å². The molecule has 0 aliphatic heterocycles. The summed E-state index contributed by atoms with van der Waals surface area (Å²) < 4.78 is 0. The molecule has 1 aromatic rings. The number of carboxylic acid groups (broad SMARTS) is 1. The summed E-state index contributed by atoms with van der Waals surface area (Å²) >= 11 is 1.72. The van der Waals surface area contributed by atoms with E-state index in [0.717, 1.165) is 0 Å².